The van der Waals surface area contributed by atoms with Crippen LogP contribution in [0.1, 0.15) is 32.8 Å². The van der Waals surface area contributed by atoms with Gasteiger partial charge in [0, 0.05) is 25.5 Å². The number of rotatable bonds is 2. The molecule has 0 N–H and O–H groups in total. The predicted molar refractivity (Wildman–Crippen MR) is 73.9 cm³/mol. The third kappa shape index (κ3) is 4.23. The van der Waals surface area contributed by atoms with E-state index < -0.39 is 5.60 Å². The highest BCUT2D eigenvalue weighted by atomic mass is 16.6. The van der Waals surface area contributed by atoms with E-state index in [4.69, 9.17) is 4.74 Å². The standard InChI is InChI=1S/C15H22N2O2/c1-15(2,3)19-14(18)17-8-6-13(11-17)9-12-5-4-7-16-10-12/h4-5,7,10,13H,6,8-9,11H2,1-3H3. The lowest BCUT2D eigenvalue weighted by Gasteiger charge is -2.24. The van der Waals surface area contributed by atoms with Crippen molar-refractivity contribution in [2.75, 3.05) is 13.1 Å². The Kier molecular flexibility index (Phi) is 4.08. The number of carbonyl (C=O) groups excluding carboxylic acids is 1. The van der Waals surface area contributed by atoms with Crippen molar-refractivity contribution in [2.24, 2.45) is 5.92 Å². The summed E-state index contributed by atoms with van der Waals surface area (Å²) in [5, 5.41) is 0. The molecule has 4 heteroatoms. The Hall–Kier alpha value is -1.58. The summed E-state index contributed by atoms with van der Waals surface area (Å²) in [4.78, 5) is 17.9. The molecule has 1 aromatic heterocycles. The van der Waals surface area contributed by atoms with Gasteiger partial charge in [0.2, 0.25) is 0 Å². The number of amides is 1. The second-order valence-corrected chi connectivity index (χ2v) is 6.15. The number of likely N-dealkylation sites (tertiary alicyclic amines) is 1. The van der Waals surface area contributed by atoms with Crippen LogP contribution in [-0.4, -0.2) is 34.7 Å². The zero-order valence-electron chi connectivity index (χ0n) is 11.9. The minimum atomic E-state index is -0.418. The first-order valence-corrected chi connectivity index (χ1v) is 6.81. The molecule has 1 aliphatic rings. The van der Waals surface area contributed by atoms with Gasteiger partial charge in [-0.1, -0.05) is 6.07 Å². The third-order valence-electron chi connectivity index (χ3n) is 3.18. The lowest BCUT2D eigenvalue weighted by Crippen LogP contribution is -2.35. The van der Waals surface area contributed by atoms with Crippen LogP contribution in [0.2, 0.25) is 0 Å². The molecule has 0 aliphatic carbocycles. The van der Waals surface area contributed by atoms with E-state index in [0.717, 1.165) is 25.9 Å². The molecule has 0 radical (unpaired) electrons. The van der Waals surface area contributed by atoms with Crippen molar-refractivity contribution >= 4 is 6.09 Å². The third-order valence-corrected chi connectivity index (χ3v) is 3.18. The van der Waals surface area contributed by atoms with Crippen LogP contribution in [0.4, 0.5) is 4.79 Å². The van der Waals surface area contributed by atoms with E-state index >= 15 is 0 Å². The number of hydrogen-bond donors (Lipinski definition) is 0. The molecule has 2 heterocycles. The van der Waals surface area contributed by atoms with Crippen LogP contribution in [0.15, 0.2) is 24.5 Å². The van der Waals surface area contributed by atoms with Crippen molar-refractivity contribution < 1.29 is 9.53 Å². The van der Waals surface area contributed by atoms with Crippen molar-refractivity contribution in [1.82, 2.24) is 9.88 Å². The monoisotopic (exact) mass is 262 g/mol. The summed E-state index contributed by atoms with van der Waals surface area (Å²) in [5.41, 5.74) is 0.817. The first-order valence-electron chi connectivity index (χ1n) is 6.81. The van der Waals surface area contributed by atoms with Gasteiger partial charge in [0.05, 0.1) is 0 Å². The van der Waals surface area contributed by atoms with Gasteiger partial charge in [-0.15, -0.1) is 0 Å². The van der Waals surface area contributed by atoms with Crippen LogP contribution in [0.5, 0.6) is 0 Å². The Morgan fingerprint density at radius 1 is 1.53 bits per heavy atom. The molecule has 0 bridgehead atoms. The number of aromatic nitrogens is 1. The summed E-state index contributed by atoms with van der Waals surface area (Å²) in [6.07, 6.45) is 5.50. The quantitative estimate of drug-likeness (QED) is 0.823. The van der Waals surface area contributed by atoms with Crippen LogP contribution in [0.25, 0.3) is 0 Å². The summed E-state index contributed by atoms with van der Waals surface area (Å²) < 4.78 is 5.39. The minimum Gasteiger partial charge on any atom is -0.444 e. The summed E-state index contributed by atoms with van der Waals surface area (Å²) in [6, 6.07) is 4.04. The van der Waals surface area contributed by atoms with Crippen molar-refractivity contribution in [3.63, 3.8) is 0 Å². The molecule has 0 spiro atoms. The molecule has 1 fully saturated rings. The molecule has 4 nitrogen and oxygen atoms in total. The van der Waals surface area contributed by atoms with Crippen LogP contribution >= 0.6 is 0 Å². The average molecular weight is 262 g/mol. The number of nitrogens with zero attached hydrogens (tertiary/aromatic N) is 2. The summed E-state index contributed by atoms with van der Waals surface area (Å²) >= 11 is 0. The van der Waals surface area contributed by atoms with E-state index in [-0.39, 0.29) is 6.09 Å². The van der Waals surface area contributed by atoms with Crippen LogP contribution in [0.3, 0.4) is 0 Å². The molecule has 1 unspecified atom stereocenters. The fourth-order valence-corrected chi connectivity index (χ4v) is 2.34. The molecule has 1 aliphatic heterocycles. The SMILES string of the molecule is CC(C)(C)OC(=O)N1CCC(Cc2cccnc2)C1. The van der Waals surface area contributed by atoms with Gasteiger partial charge in [0.1, 0.15) is 5.60 Å². The van der Waals surface area contributed by atoms with E-state index in [1.54, 1.807) is 6.20 Å². The highest BCUT2D eigenvalue weighted by Gasteiger charge is 2.29. The van der Waals surface area contributed by atoms with E-state index in [2.05, 4.69) is 11.1 Å². The van der Waals surface area contributed by atoms with Crippen LogP contribution in [0, 0.1) is 5.92 Å². The Labute approximate surface area is 114 Å². The number of carbonyl (C=O) groups is 1. The molecule has 1 aromatic rings. The average Bonchev–Trinajstić information content (AvgIpc) is 2.77. The van der Waals surface area contributed by atoms with Crippen molar-refractivity contribution in [3.05, 3.63) is 30.1 Å². The summed E-state index contributed by atoms with van der Waals surface area (Å²) in [7, 11) is 0. The number of pyridine rings is 1. The normalized spacial score (nSPS) is 19.5. The molecule has 1 saturated heterocycles. The Morgan fingerprint density at radius 3 is 2.95 bits per heavy atom. The molecule has 1 atom stereocenters. The first-order chi connectivity index (χ1) is 8.94. The molecule has 2 rings (SSSR count). The van der Waals surface area contributed by atoms with Gasteiger partial charge in [-0.2, -0.15) is 0 Å². The predicted octanol–water partition coefficient (Wildman–Crippen LogP) is 2.88. The fraction of sp³-hybridized carbons (Fsp3) is 0.600. The van der Waals surface area contributed by atoms with Crippen LogP contribution in [-0.2, 0) is 11.2 Å². The van der Waals surface area contributed by atoms with Gasteiger partial charge < -0.3 is 9.64 Å². The molecule has 0 aromatic carbocycles. The maximum atomic E-state index is 12.0. The van der Waals surface area contributed by atoms with Gasteiger partial charge in [-0.3, -0.25) is 4.98 Å². The van der Waals surface area contributed by atoms with E-state index in [0.29, 0.717) is 5.92 Å². The summed E-state index contributed by atoms with van der Waals surface area (Å²) in [5.74, 6) is 0.511. The largest absolute Gasteiger partial charge is 0.444 e. The number of hydrogen-bond acceptors (Lipinski definition) is 3. The van der Waals surface area contributed by atoms with Crippen molar-refractivity contribution in [2.45, 2.75) is 39.2 Å². The summed E-state index contributed by atoms with van der Waals surface area (Å²) in [6.45, 7) is 7.26. The topological polar surface area (TPSA) is 42.4 Å². The van der Waals surface area contributed by atoms with Gasteiger partial charge >= 0.3 is 6.09 Å². The molecular formula is C15H22N2O2. The molecular weight excluding hydrogens is 240 g/mol. The molecule has 19 heavy (non-hydrogen) atoms. The molecule has 1 amide bonds. The van der Waals surface area contributed by atoms with Gasteiger partial charge in [0.25, 0.3) is 0 Å². The van der Waals surface area contributed by atoms with E-state index in [1.807, 2.05) is 37.9 Å². The first kappa shape index (κ1) is 13.8. The van der Waals surface area contributed by atoms with Crippen LogP contribution < -0.4 is 0 Å². The fourth-order valence-electron chi connectivity index (χ4n) is 2.34. The minimum absolute atomic E-state index is 0.193. The second kappa shape index (κ2) is 5.59. The lowest BCUT2D eigenvalue weighted by atomic mass is 10.0. The van der Waals surface area contributed by atoms with E-state index in [1.165, 1.54) is 5.56 Å². The van der Waals surface area contributed by atoms with E-state index in [9.17, 15) is 4.79 Å². The Morgan fingerprint density at radius 2 is 2.32 bits per heavy atom. The Balaban J connectivity index is 1.85. The maximum Gasteiger partial charge on any atom is 0.410 e. The Bertz CT molecular complexity index is 426. The lowest BCUT2D eigenvalue weighted by molar-refractivity contribution is 0.0288. The van der Waals surface area contributed by atoms with Gasteiger partial charge in [0.15, 0.2) is 0 Å². The highest BCUT2D eigenvalue weighted by Crippen LogP contribution is 2.22. The zero-order valence-corrected chi connectivity index (χ0v) is 11.9. The van der Waals surface area contributed by atoms with Gasteiger partial charge in [-0.05, 0) is 51.2 Å². The zero-order chi connectivity index (χ0) is 13.9. The number of ether oxygens (including phenoxy) is 1. The van der Waals surface area contributed by atoms with Crippen molar-refractivity contribution in [1.29, 1.82) is 0 Å². The molecule has 104 valence electrons. The molecule has 0 saturated carbocycles. The van der Waals surface area contributed by atoms with Gasteiger partial charge in [-0.25, -0.2) is 4.79 Å². The highest BCUT2D eigenvalue weighted by molar-refractivity contribution is 5.68. The second-order valence-electron chi connectivity index (χ2n) is 6.15. The smallest absolute Gasteiger partial charge is 0.410 e. The maximum absolute atomic E-state index is 12.0. The van der Waals surface area contributed by atoms with Crippen molar-refractivity contribution in [3.8, 4) is 0 Å².